The standard InChI is InChI=1S/C19H18N4O5S/c20-8-11-6-12(9-21-18(11)29-13-4-2-1-3-5-13)17(26)23-19(27)22-16-7-14(25)15(10-24)28-16/h1-6,9,14-16,24-25H,7,10H2,(H2,22,23,26,27)/t14?,15-,16-/m1/s1. The summed E-state index contributed by atoms with van der Waals surface area (Å²) in [5.41, 5.74) is 0.259. The third kappa shape index (κ3) is 5.30. The van der Waals surface area contributed by atoms with Gasteiger partial charge in [0, 0.05) is 17.5 Å². The quantitative estimate of drug-likeness (QED) is 0.567. The van der Waals surface area contributed by atoms with Crippen molar-refractivity contribution in [1.82, 2.24) is 15.6 Å². The van der Waals surface area contributed by atoms with Gasteiger partial charge in [-0.2, -0.15) is 5.26 Å². The Morgan fingerprint density at radius 3 is 2.76 bits per heavy atom. The van der Waals surface area contributed by atoms with Crippen LogP contribution >= 0.6 is 11.8 Å². The van der Waals surface area contributed by atoms with E-state index in [0.717, 1.165) is 4.90 Å². The number of carbonyl (C=O) groups excluding carboxylic acids is 2. The Morgan fingerprint density at radius 1 is 1.34 bits per heavy atom. The fraction of sp³-hybridized carbons (Fsp3) is 0.263. The monoisotopic (exact) mass is 414 g/mol. The first-order valence-electron chi connectivity index (χ1n) is 8.69. The highest BCUT2D eigenvalue weighted by Gasteiger charge is 2.34. The van der Waals surface area contributed by atoms with Gasteiger partial charge in [0.15, 0.2) is 0 Å². The number of nitriles is 1. The molecule has 2 heterocycles. The fourth-order valence-corrected chi connectivity index (χ4v) is 3.52. The second kappa shape index (κ2) is 9.49. The van der Waals surface area contributed by atoms with Gasteiger partial charge in [0.25, 0.3) is 5.91 Å². The number of rotatable bonds is 5. The smallest absolute Gasteiger partial charge is 0.323 e. The molecule has 10 heteroatoms. The van der Waals surface area contributed by atoms with E-state index in [9.17, 15) is 20.0 Å². The van der Waals surface area contributed by atoms with Crippen molar-refractivity contribution in [1.29, 1.82) is 5.26 Å². The maximum Gasteiger partial charge on any atom is 0.323 e. The summed E-state index contributed by atoms with van der Waals surface area (Å²) in [6.45, 7) is -0.379. The molecular weight excluding hydrogens is 396 g/mol. The summed E-state index contributed by atoms with van der Waals surface area (Å²) in [6.07, 6.45) is -1.14. The van der Waals surface area contributed by atoms with Crippen molar-refractivity contribution in [2.24, 2.45) is 0 Å². The number of imide groups is 1. The number of carbonyl (C=O) groups is 2. The fourth-order valence-electron chi connectivity index (χ4n) is 2.68. The van der Waals surface area contributed by atoms with Crippen LogP contribution in [-0.2, 0) is 4.74 Å². The summed E-state index contributed by atoms with van der Waals surface area (Å²) in [5, 5.41) is 33.0. The van der Waals surface area contributed by atoms with Gasteiger partial charge in [-0.05, 0) is 18.2 Å². The topological polar surface area (TPSA) is 145 Å². The Labute approximate surface area is 170 Å². The summed E-state index contributed by atoms with van der Waals surface area (Å²) in [7, 11) is 0. The number of urea groups is 1. The number of nitrogens with one attached hydrogen (secondary N) is 2. The Morgan fingerprint density at radius 2 is 2.10 bits per heavy atom. The van der Waals surface area contributed by atoms with Crippen LogP contribution in [0.5, 0.6) is 0 Å². The number of nitrogens with zero attached hydrogens (tertiary/aromatic N) is 2. The molecule has 29 heavy (non-hydrogen) atoms. The number of aliphatic hydroxyl groups is 2. The predicted octanol–water partition coefficient (Wildman–Crippen LogP) is 1.01. The first-order valence-corrected chi connectivity index (χ1v) is 9.51. The van der Waals surface area contributed by atoms with Gasteiger partial charge in [-0.25, -0.2) is 9.78 Å². The summed E-state index contributed by atoms with van der Waals surface area (Å²) < 4.78 is 5.25. The molecule has 1 aliphatic rings. The molecule has 1 unspecified atom stereocenters. The second-order valence-corrected chi connectivity index (χ2v) is 7.24. The average Bonchev–Trinajstić information content (AvgIpc) is 3.07. The molecule has 1 aliphatic heterocycles. The molecule has 9 nitrogen and oxygen atoms in total. The van der Waals surface area contributed by atoms with Gasteiger partial charge in [0.05, 0.1) is 23.8 Å². The number of aromatic nitrogens is 1. The normalized spacial score (nSPS) is 20.7. The van der Waals surface area contributed by atoms with Crippen molar-refractivity contribution in [3.05, 3.63) is 53.7 Å². The van der Waals surface area contributed by atoms with Crippen LogP contribution in [0.15, 0.2) is 52.5 Å². The van der Waals surface area contributed by atoms with Crippen molar-refractivity contribution < 1.29 is 24.5 Å². The third-order valence-corrected chi connectivity index (χ3v) is 5.14. The van der Waals surface area contributed by atoms with E-state index in [0.29, 0.717) is 5.03 Å². The number of ether oxygens (including phenoxy) is 1. The zero-order chi connectivity index (χ0) is 20.8. The van der Waals surface area contributed by atoms with Crippen molar-refractivity contribution in [2.75, 3.05) is 6.61 Å². The zero-order valence-electron chi connectivity index (χ0n) is 15.1. The number of amides is 3. The Hall–Kier alpha value is -2.97. The molecule has 1 fully saturated rings. The van der Waals surface area contributed by atoms with Gasteiger partial charge in [-0.3, -0.25) is 10.1 Å². The van der Waals surface area contributed by atoms with E-state index in [1.165, 1.54) is 24.0 Å². The molecule has 0 saturated carbocycles. The molecule has 3 atom stereocenters. The Bertz CT molecular complexity index is 934. The molecule has 1 saturated heterocycles. The van der Waals surface area contributed by atoms with E-state index in [1.54, 1.807) is 0 Å². The molecular formula is C19H18N4O5S. The van der Waals surface area contributed by atoms with Gasteiger partial charge in [-0.1, -0.05) is 30.0 Å². The van der Waals surface area contributed by atoms with Crippen LogP contribution in [-0.4, -0.2) is 52.2 Å². The maximum atomic E-state index is 12.3. The summed E-state index contributed by atoms with van der Waals surface area (Å²) in [4.78, 5) is 29.3. The van der Waals surface area contributed by atoms with E-state index in [1.807, 2.05) is 36.4 Å². The zero-order valence-corrected chi connectivity index (χ0v) is 15.9. The lowest BCUT2D eigenvalue weighted by molar-refractivity contribution is -0.0272. The van der Waals surface area contributed by atoms with Gasteiger partial charge >= 0.3 is 6.03 Å². The van der Waals surface area contributed by atoms with Crippen molar-refractivity contribution >= 4 is 23.7 Å². The molecule has 2 aromatic rings. The van der Waals surface area contributed by atoms with Crippen LogP contribution in [0.2, 0.25) is 0 Å². The van der Waals surface area contributed by atoms with Crippen molar-refractivity contribution in [3.63, 3.8) is 0 Å². The van der Waals surface area contributed by atoms with Gasteiger partial charge in [0.2, 0.25) is 0 Å². The molecule has 4 N–H and O–H groups in total. The highest BCUT2D eigenvalue weighted by molar-refractivity contribution is 7.99. The van der Waals surface area contributed by atoms with E-state index >= 15 is 0 Å². The minimum atomic E-state index is -0.905. The van der Waals surface area contributed by atoms with Crippen LogP contribution in [0.1, 0.15) is 22.3 Å². The van der Waals surface area contributed by atoms with Crippen LogP contribution in [0.3, 0.4) is 0 Å². The number of hydrogen-bond donors (Lipinski definition) is 4. The number of pyridine rings is 1. The highest BCUT2D eigenvalue weighted by Crippen LogP contribution is 2.28. The molecule has 0 bridgehead atoms. The van der Waals surface area contributed by atoms with E-state index < -0.39 is 30.4 Å². The maximum absolute atomic E-state index is 12.3. The SMILES string of the molecule is N#Cc1cc(C(=O)NC(=O)N[C@H]2CC(O)[C@@H](CO)O2)cnc1Sc1ccccc1. The molecule has 150 valence electrons. The van der Waals surface area contributed by atoms with Crippen LogP contribution < -0.4 is 10.6 Å². The molecule has 0 radical (unpaired) electrons. The lowest BCUT2D eigenvalue weighted by Gasteiger charge is -2.14. The first-order chi connectivity index (χ1) is 14.0. The first kappa shape index (κ1) is 20.8. The minimum Gasteiger partial charge on any atom is -0.394 e. The average molecular weight is 414 g/mol. The number of hydrogen-bond acceptors (Lipinski definition) is 8. The van der Waals surface area contributed by atoms with Crippen molar-refractivity contribution in [2.45, 2.75) is 34.8 Å². The molecule has 0 spiro atoms. The predicted molar refractivity (Wildman–Crippen MR) is 102 cm³/mol. The summed E-state index contributed by atoms with van der Waals surface area (Å²) in [6, 6.07) is 11.9. The molecule has 3 amide bonds. The summed E-state index contributed by atoms with van der Waals surface area (Å²) >= 11 is 1.29. The molecule has 3 rings (SSSR count). The van der Waals surface area contributed by atoms with E-state index in [4.69, 9.17) is 9.84 Å². The van der Waals surface area contributed by atoms with Crippen LogP contribution in [0.4, 0.5) is 4.79 Å². The Kier molecular flexibility index (Phi) is 6.79. The van der Waals surface area contributed by atoms with Crippen molar-refractivity contribution in [3.8, 4) is 6.07 Å². The highest BCUT2D eigenvalue weighted by atomic mass is 32.2. The largest absolute Gasteiger partial charge is 0.394 e. The van der Waals surface area contributed by atoms with E-state index in [2.05, 4.69) is 15.6 Å². The van der Waals surface area contributed by atoms with Gasteiger partial charge in [0.1, 0.15) is 23.4 Å². The third-order valence-electron chi connectivity index (χ3n) is 4.11. The molecule has 1 aromatic heterocycles. The van der Waals surface area contributed by atoms with Gasteiger partial charge < -0.3 is 20.3 Å². The molecule has 1 aromatic carbocycles. The molecule has 0 aliphatic carbocycles. The number of aliphatic hydroxyl groups excluding tert-OH is 2. The Balaban J connectivity index is 1.62. The van der Waals surface area contributed by atoms with Crippen LogP contribution in [0, 0.1) is 11.3 Å². The minimum absolute atomic E-state index is 0.0507. The summed E-state index contributed by atoms with van der Waals surface area (Å²) in [5.74, 6) is -0.736. The second-order valence-electron chi connectivity index (χ2n) is 6.18. The van der Waals surface area contributed by atoms with Gasteiger partial charge in [-0.15, -0.1) is 0 Å². The van der Waals surface area contributed by atoms with Crippen LogP contribution in [0.25, 0.3) is 0 Å². The lowest BCUT2D eigenvalue weighted by atomic mass is 10.2. The number of benzene rings is 1. The van der Waals surface area contributed by atoms with E-state index in [-0.39, 0.29) is 24.2 Å². The lowest BCUT2D eigenvalue weighted by Crippen LogP contribution is -2.44.